The molecule has 4 nitrogen and oxygen atoms in total. The predicted molar refractivity (Wildman–Crippen MR) is 110 cm³/mol. The minimum atomic E-state index is -0.319. The normalized spacial score (nSPS) is 27.6. The Morgan fingerprint density at radius 1 is 1.22 bits per heavy atom. The van der Waals surface area contributed by atoms with Gasteiger partial charge in [0.05, 0.1) is 5.25 Å². The summed E-state index contributed by atoms with van der Waals surface area (Å²) in [6.07, 6.45) is 5.94. The van der Waals surface area contributed by atoms with Crippen LogP contribution in [0, 0.1) is 19.8 Å². The molecule has 146 valence electrons. The standard InChI is InChI=1S/C22H30N2O2S/c1-14-9-15(2)18-6-5-16(11-17(18)10-14)12-19(25)21-20(23-13-27-21)22(26)24-7-3-4-8-24/h9-10,16,20-21,23H,3-8,11-13H2,1-2H3/t16?,20-,21?/m0/s1. The van der Waals surface area contributed by atoms with Crippen molar-refractivity contribution in [1.82, 2.24) is 10.2 Å². The molecule has 1 aromatic rings. The third-order valence-corrected chi connectivity index (χ3v) is 7.61. The second-order valence-corrected chi connectivity index (χ2v) is 9.57. The molecule has 1 amide bonds. The molecule has 2 saturated heterocycles. The highest BCUT2D eigenvalue weighted by atomic mass is 32.2. The molecule has 1 N–H and O–H groups in total. The highest BCUT2D eigenvalue weighted by Crippen LogP contribution is 2.33. The fourth-order valence-corrected chi connectivity index (χ4v) is 6.17. The number of Topliss-reactive ketones (excluding diaryl/α,β-unsaturated/α-hetero) is 1. The van der Waals surface area contributed by atoms with Crippen LogP contribution in [-0.2, 0) is 22.4 Å². The zero-order valence-corrected chi connectivity index (χ0v) is 17.2. The molecule has 2 fully saturated rings. The SMILES string of the molecule is Cc1cc(C)c2c(c1)CC(CC(=O)C1SCN[C@@H]1C(=O)N1CCCC1)CC2. The van der Waals surface area contributed by atoms with E-state index in [2.05, 4.69) is 31.3 Å². The van der Waals surface area contributed by atoms with Gasteiger partial charge in [0.1, 0.15) is 11.8 Å². The summed E-state index contributed by atoms with van der Waals surface area (Å²) in [5, 5.41) is 3.07. The van der Waals surface area contributed by atoms with E-state index >= 15 is 0 Å². The molecule has 2 aliphatic heterocycles. The highest BCUT2D eigenvalue weighted by molar-refractivity contribution is 8.00. The Morgan fingerprint density at radius 3 is 2.78 bits per heavy atom. The topological polar surface area (TPSA) is 49.4 Å². The number of fused-ring (bicyclic) bond motifs is 1. The Morgan fingerprint density at radius 2 is 2.00 bits per heavy atom. The third kappa shape index (κ3) is 3.95. The summed E-state index contributed by atoms with van der Waals surface area (Å²) in [7, 11) is 0. The molecule has 1 aliphatic carbocycles. The highest BCUT2D eigenvalue weighted by Gasteiger charge is 2.41. The molecule has 0 spiro atoms. The van der Waals surface area contributed by atoms with Crippen LogP contribution < -0.4 is 5.32 Å². The molecule has 0 radical (unpaired) electrons. The first-order valence-corrected chi connectivity index (χ1v) is 11.3. The zero-order valence-electron chi connectivity index (χ0n) is 16.4. The van der Waals surface area contributed by atoms with Crippen LogP contribution in [0.25, 0.3) is 0 Å². The lowest BCUT2D eigenvalue weighted by Gasteiger charge is -2.28. The van der Waals surface area contributed by atoms with Gasteiger partial charge in [0.25, 0.3) is 0 Å². The summed E-state index contributed by atoms with van der Waals surface area (Å²) >= 11 is 1.62. The van der Waals surface area contributed by atoms with Gasteiger partial charge in [0, 0.05) is 25.4 Å². The van der Waals surface area contributed by atoms with Crippen LogP contribution >= 0.6 is 11.8 Å². The monoisotopic (exact) mass is 386 g/mol. The maximum absolute atomic E-state index is 13.1. The van der Waals surface area contributed by atoms with Crippen molar-refractivity contribution in [2.24, 2.45) is 5.92 Å². The number of rotatable bonds is 4. The molecule has 3 atom stereocenters. The molecule has 4 rings (SSSR count). The quantitative estimate of drug-likeness (QED) is 0.864. The van der Waals surface area contributed by atoms with E-state index in [1.807, 2.05) is 4.90 Å². The molecular weight excluding hydrogens is 356 g/mol. The van der Waals surface area contributed by atoms with E-state index in [4.69, 9.17) is 0 Å². The van der Waals surface area contributed by atoms with Gasteiger partial charge in [0.2, 0.25) is 5.91 Å². The van der Waals surface area contributed by atoms with E-state index in [0.717, 1.165) is 45.2 Å². The zero-order chi connectivity index (χ0) is 19.0. The molecule has 0 saturated carbocycles. The van der Waals surface area contributed by atoms with Crippen LogP contribution in [0.1, 0.15) is 47.9 Å². The number of nitrogens with zero attached hydrogens (tertiary/aromatic N) is 1. The Bertz CT molecular complexity index is 742. The molecular formula is C22H30N2O2S. The summed E-state index contributed by atoms with van der Waals surface area (Å²) in [6, 6.07) is 4.24. The number of carbonyl (C=O) groups excluding carboxylic acids is 2. The van der Waals surface area contributed by atoms with Gasteiger partial charge >= 0.3 is 0 Å². The molecule has 27 heavy (non-hydrogen) atoms. The van der Waals surface area contributed by atoms with Crippen molar-refractivity contribution in [3.63, 3.8) is 0 Å². The lowest BCUT2D eigenvalue weighted by molar-refractivity contribution is -0.134. The Kier molecular flexibility index (Phi) is 5.60. The lowest BCUT2D eigenvalue weighted by Crippen LogP contribution is -2.49. The van der Waals surface area contributed by atoms with E-state index in [9.17, 15) is 9.59 Å². The van der Waals surface area contributed by atoms with Gasteiger partial charge in [-0.05, 0) is 68.6 Å². The maximum Gasteiger partial charge on any atom is 0.241 e. The summed E-state index contributed by atoms with van der Waals surface area (Å²) in [5.41, 5.74) is 5.62. The number of nitrogens with one attached hydrogen (secondary N) is 1. The van der Waals surface area contributed by atoms with Gasteiger partial charge in [-0.2, -0.15) is 0 Å². The Hall–Kier alpha value is -1.33. The van der Waals surface area contributed by atoms with Gasteiger partial charge in [0.15, 0.2) is 0 Å². The van der Waals surface area contributed by atoms with Crippen LogP contribution in [0.15, 0.2) is 12.1 Å². The second-order valence-electron chi connectivity index (χ2n) is 8.44. The smallest absolute Gasteiger partial charge is 0.241 e. The van der Waals surface area contributed by atoms with Gasteiger partial charge in [-0.15, -0.1) is 11.8 Å². The first kappa shape index (κ1) is 19.0. The molecule has 5 heteroatoms. The number of aryl methyl sites for hydroxylation is 2. The van der Waals surface area contributed by atoms with Crippen molar-refractivity contribution in [2.45, 2.75) is 63.7 Å². The van der Waals surface area contributed by atoms with Gasteiger partial charge in [-0.3, -0.25) is 14.9 Å². The molecule has 2 unspecified atom stereocenters. The van der Waals surface area contributed by atoms with E-state index in [1.165, 1.54) is 22.3 Å². The van der Waals surface area contributed by atoms with Crippen molar-refractivity contribution in [2.75, 3.05) is 19.0 Å². The minimum absolute atomic E-state index is 0.135. The number of hydrogen-bond acceptors (Lipinski definition) is 4. The van der Waals surface area contributed by atoms with Crippen LogP contribution in [-0.4, -0.2) is 46.8 Å². The maximum atomic E-state index is 13.1. The number of ketones is 1. The average Bonchev–Trinajstić information content (AvgIpc) is 3.32. The van der Waals surface area contributed by atoms with Crippen molar-refractivity contribution in [3.05, 3.63) is 34.4 Å². The number of amides is 1. The first-order valence-electron chi connectivity index (χ1n) is 10.3. The third-order valence-electron chi connectivity index (χ3n) is 6.38. The van der Waals surface area contributed by atoms with E-state index < -0.39 is 0 Å². The van der Waals surface area contributed by atoms with Crippen molar-refractivity contribution < 1.29 is 9.59 Å². The summed E-state index contributed by atoms with van der Waals surface area (Å²) in [5.74, 6) is 1.51. The number of hydrogen-bond donors (Lipinski definition) is 1. The van der Waals surface area contributed by atoms with Crippen molar-refractivity contribution in [1.29, 1.82) is 0 Å². The minimum Gasteiger partial charge on any atom is -0.341 e. The van der Waals surface area contributed by atoms with Gasteiger partial charge in [-0.25, -0.2) is 0 Å². The predicted octanol–water partition coefficient (Wildman–Crippen LogP) is 3.02. The fourth-order valence-electron chi connectivity index (χ4n) is 5.02. The van der Waals surface area contributed by atoms with Crippen LogP contribution in [0.2, 0.25) is 0 Å². The Labute approximate surface area is 166 Å². The lowest BCUT2D eigenvalue weighted by atomic mass is 9.79. The van der Waals surface area contributed by atoms with E-state index in [-0.39, 0.29) is 23.0 Å². The van der Waals surface area contributed by atoms with Crippen molar-refractivity contribution in [3.8, 4) is 0 Å². The van der Waals surface area contributed by atoms with Gasteiger partial charge in [-0.1, -0.05) is 17.7 Å². The van der Waals surface area contributed by atoms with E-state index in [0.29, 0.717) is 18.2 Å². The van der Waals surface area contributed by atoms with Crippen molar-refractivity contribution >= 4 is 23.5 Å². The second kappa shape index (κ2) is 7.96. The largest absolute Gasteiger partial charge is 0.341 e. The Balaban J connectivity index is 1.40. The molecule has 2 heterocycles. The fraction of sp³-hybridized carbons (Fsp3) is 0.636. The van der Waals surface area contributed by atoms with E-state index in [1.54, 1.807) is 11.8 Å². The number of thioether (sulfide) groups is 1. The molecule has 0 aromatic heterocycles. The number of benzene rings is 1. The molecule has 3 aliphatic rings. The summed E-state index contributed by atoms with van der Waals surface area (Å²) in [6.45, 7) is 6.05. The molecule has 1 aromatic carbocycles. The van der Waals surface area contributed by atoms with Crippen LogP contribution in [0.5, 0.6) is 0 Å². The average molecular weight is 387 g/mol. The summed E-state index contributed by atoms with van der Waals surface area (Å²) in [4.78, 5) is 27.8. The van der Waals surface area contributed by atoms with Crippen LogP contribution in [0.4, 0.5) is 0 Å². The number of likely N-dealkylation sites (tertiary alicyclic amines) is 1. The first-order chi connectivity index (χ1) is 13.0. The number of carbonyl (C=O) groups is 2. The van der Waals surface area contributed by atoms with Crippen LogP contribution in [0.3, 0.4) is 0 Å². The summed E-state index contributed by atoms with van der Waals surface area (Å²) < 4.78 is 0. The van der Waals surface area contributed by atoms with Gasteiger partial charge < -0.3 is 4.90 Å². The molecule has 0 bridgehead atoms.